The first-order valence-electron chi connectivity index (χ1n) is 7.34. The molecule has 1 aromatic heterocycles. The zero-order valence-corrected chi connectivity index (χ0v) is 12.7. The number of pyridine rings is 1. The number of nitrogens with one attached hydrogen (secondary N) is 1. The summed E-state index contributed by atoms with van der Waals surface area (Å²) < 4.78 is 13.9. The van der Waals surface area contributed by atoms with E-state index in [0.717, 1.165) is 16.9 Å². The van der Waals surface area contributed by atoms with Crippen LogP contribution in [0.2, 0.25) is 0 Å². The zero-order chi connectivity index (χ0) is 16.1. The van der Waals surface area contributed by atoms with E-state index in [9.17, 15) is 9.65 Å². The Labute approximate surface area is 129 Å². The smallest absolute Gasteiger partial charge is 0.130 e. The Morgan fingerprint density at radius 2 is 2.14 bits per heavy atom. The van der Waals surface area contributed by atoms with Crippen molar-refractivity contribution in [3.8, 4) is 6.07 Å². The minimum absolute atomic E-state index is 0.231. The van der Waals surface area contributed by atoms with Gasteiger partial charge in [-0.3, -0.25) is 0 Å². The highest BCUT2D eigenvalue weighted by Gasteiger charge is 2.26. The molecule has 3 rings (SSSR count). The Bertz CT molecular complexity index is 706. The summed E-state index contributed by atoms with van der Waals surface area (Å²) in [5.74, 6) is 0.172. The van der Waals surface area contributed by atoms with Crippen molar-refractivity contribution in [3.63, 3.8) is 0 Å². The SMILES string of the molecule is CC.N#CC1CNc2nccc(Cc3ccc(N)cc3F)c21. The van der Waals surface area contributed by atoms with Crippen LogP contribution in [0.25, 0.3) is 0 Å². The van der Waals surface area contributed by atoms with Crippen LogP contribution in [0.5, 0.6) is 0 Å². The third-order valence-electron chi connectivity index (χ3n) is 3.52. The van der Waals surface area contributed by atoms with E-state index in [2.05, 4.69) is 16.4 Å². The second-order valence-electron chi connectivity index (χ2n) is 4.82. The number of nitrogens with two attached hydrogens (primary N) is 1. The molecule has 0 saturated carbocycles. The number of halogens is 1. The van der Waals surface area contributed by atoms with Crippen molar-refractivity contribution >= 4 is 11.5 Å². The average molecular weight is 298 g/mol. The maximum Gasteiger partial charge on any atom is 0.130 e. The minimum atomic E-state index is -0.324. The molecule has 0 radical (unpaired) electrons. The Morgan fingerprint density at radius 1 is 1.36 bits per heavy atom. The molecule has 3 N–H and O–H groups in total. The molecule has 0 bridgehead atoms. The summed E-state index contributed by atoms with van der Waals surface area (Å²) in [5.41, 5.74) is 8.33. The first-order chi connectivity index (χ1) is 10.7. The number of hydrogen-bond acceptors (Lipinski definition) is 4. The fourth-order valence-electron chi connectivity index (χ4n) is 2.52. The number of rotatable bonds is 2. The van der Waals surface area contributed by atoms with Crippen molar-refractivity contribution in [2.24, 2.45) is 0 Å². The number of fused-ring (bicyclic) bond motifs is 1. The van der Waals surface area contributed by atoms with Gasteiger partial charge in [0.25, 0.3) is 0 Å². The molecule has 5 heteroatoms. The number of nitrogens with zero attached hydrogens (tertiary/aromatic N) is 2. The zero-order valence-electron chi connectivity index (χ0n) is 12.7. The summed E-state index contributed by atoms with van der Waals surface area (Å²) in [7, 11) is 0. The van der Waals surface area contributed by atoms with Crippen molar-refractivity contribution in [3.05, 3.63) is 53.0 Å². The number of aromatic nitrogens is 1. The Balaban J connectivity index is 0.000000847. The first-order valence-corrected chi connectivity index (χ1v) is 7.34. The van der Waals surface area contributed by atoms with E-state index in [-0.39, 0.29) is 11.7 Å². The average Bonchev–Trinajstić information content (AvgIpc) is 2.96. The van der Waals surface area contributed by atoms with E-state index in [1.807, 2.05) is 19.9 Å². The van der Waals surface area contributed by atoms with Crippen LogP contribution in [0.1, 0.15) is 36.5 Å². The minimum Gasteiger partial charge on any atom is -0.399 e. The van der Waals surface area contributed by atoms with Crippen LogP contribution >= 0.6 is 0 Å². The second kappa shape index (κ2) is 6.90. The van der Waals surface area contributed by atoms with Crippen LogP contribution < -0.4 is 11.1 Å². The molecule has 0 aliphatic carbocycles. The van der Waals surface area contributed by atoms with Gasteiger partial charge in [0.2, 0.25) is 0 Å². The maximum absolute atomic E-state index is 13.9. The molecular weight excluding hydrogens is 279 g/mol. The molecule has 0 amide bonds. The van der Waals surface area contributed by atoms with Crippen LogP contribution in [0.3, 0.4) is 0 Å². The number of anilines is 2. The normalized spacial score (nSPS) is 15.1. The molecule has 4 nitrogen and oxygen atoms in total. The lowest BCUT2D eigenvalue weighted by molar-refractivity contribution is 0.614. The topological polar surface area (TPSA) is 74.7 Å². The van der Waals surface area contributed by atoms with E-state index < -0.39 is 0 Å². The van der Waals surface area contributed by atoms with Crippen LogP contribution in [0.4, 0.5) is 15.9 Å². The second-order valence-corrected chi connectivity index (χ2v) is 4.82. The lowest BCUT2D eigenvalue weighted by atomic mass is 9.94. The van der Waals surface area contributed by atoms with Crippen LogP contribution in [0, 0.1) is 17.1 Å². The van der Waals surface area contributed by atoms with Crippen molar-refractivity contribution in [2.45, 2.75) is 26.2 Å². The lowest BCUT2D eigenvalue weighted by Gasteiger charge is -2.10. The Kier molecular flexibility index (Phi) is 4.95. The van der Waals surface area contributed by atoms with Gasteiger partial charge in [-0.15, -0.1) is 0 Å². The summed E-state index contributed by atoms with van der Waals surface area (Å²) >= 11 is 0. The van der Waals surface area contributed by atoms with Crippen LogP contribution in [0.15, 0.2) is 30.5 Å². The van der Waals surface area contributed by atoms with Crippen molar-refractivity contribution < 1.29 is 4.39 Å². The summed E-state index contributed by atoms with van der Waals surface area (Å²) in [4.78, 5) is 4.22. The fraction of sp³-hybridized carbons (Fsp3) is 0.294. The molecule has 1 aliphatic rings. The molecule has 114 valence electrons. The maximum atomic E-state index is 13.9. The molecule has 1 atom stereocenters. The number of nitriles is 1. The Morgan fingerprint density at radius 3 is 2.82 bits per heavy atom. The predicted octanol–water partition coefficient (Wildman–Crippen LogP) is 3.45. The molecule has 0 saturated heterocycles. The number of benzene rings is 1. The monoisotopic (exact) mass is 298 g/mol. The highest BCUT2D eigenvalue weighted by molar-refractivity contribution is 5.58. The lowest BCUT2D eigenvalue weighted by Crippen LogP contribution is -2.02. The molecule has 1 aromatic carbocycles. The van der Waals surface area contributed by atoms with Gasteiger partial charge in [-0.05, 0) is 29.3 Å². The van der Waals surface area contributed by atoms with Gasteiger partial charge in [-0.25, -0.2) is 9.37 Å². The van der Waals surface area contributed by atoms with E-state index in [1.165, 1.54) is 6.07 Å². The molecule has 0 fully saturated rings. The molecule has 2 aromatic rings. The van der Waals surface area contributed by atoms with Gasteiger partial charge < -0.3 is 11.1 Å². The van der Waals surface area contributed by atoms with Crippen molar-refractivity contribution in [1.29, 1.82) is 5.26 Å². The first kappa shape index (κ1) is 15.8. The van der Waals surface area contributed by atoms with Crippen molar-refractivity contribution in [1.82, 2.24) is 4.98 Å². The number of hydrogen-bond donors (Lipinski definition) is 2. The van der Waals surface area contributed by atoms with Gasteiger partial charge in [0.1, 0.15) is 11.6 Å². The van der Waals surface area contributed by atoms with Crippen LogP contribution in [-0.4, -0.2) is 11.5 Å². The third-order valence-corrected chi connectivity index (χ3v) is 3.52. The van der Waals surface area contributed by atoms with Crippen LogP contribution in [-0.2, 0) is 6.42 Å². The largest absolute Gasteiger partial charge is 0.399 e. The Hall–Kier alpha value is -2.61. The summed E-state index contributed by atoms with van der Waals surface area (Å²) in [6.45, 7) is 4.56. The van der Waals surface area contributed by atoms with E-state index in [1.54, 1.807) is 18.3 Å². The highest BCUT2D eigenvalue weighted by atomic mass is 19.1. The molecule has 2 heterocycles. The summed E-state index contributed by atoms with van der Waals surface area (Å²) in [6.07, 6.45) is 2.10. The van der Waals surface area contributed by atoms with E-state index in [0.29, 0.717) is 24.2 Å². The van der Waals surface area contributed by atoms with Gasteiger partial charge in [0.05, 0.1) is 12.0 Å². The van der Waals surface area contributed by atoms with E-state index >= 15 is 0 Å². The molecule has 22 heavy (non-hydrogen) atoms. The van der Waals surface area contributed by atoms with Gasteiger partial charge in [-0.2, -0.15) is 5.26 Å². The van der Waals surface area contributed by atoms with Gasteiger partial charge in [0, 0.05) is 30.4 Å². The highest BCUT2D eigenvalue weighted by Crippen LogP contribution is 2.33. The quantitative estimate of drug-likeness (QED) is 0.833. The third kappa shape index (κ3) is 3.01. The fourth-order valence-corrected chi connectivity index (χ4v) is 2.52. The van der Waals surface area contributed by atoms with Gasteiger partial charge in [-0.1, -0.05) is 19.9 Å². The number of nitrogen functional groups attached to an aromatic ring is 1. The van der Waals surface area contributed by atoms with Crippen molar-refractivity contribution in [2.75, 3.05) is 17.6 Å². The van der Waals surface area contributed by atoms with Gasteiger partial charge >= 0.3 is 0 Å². The molecule has 1 aliphatic heterocycles. The standard InChI is InChI=1S/C15H13FN4.C2H6/c16-13-6-12(18)2-1-9(13)5-10-3-4-19-15-14(10)11(7-17)8-20-15;1-2/h1-4,6,11H,5,8,18H2,(H,19,20);1-2H3. The molecule has 1 unspecified atom stereocenters. The molecule has 0 spiro atoms. The van der Waals surface area contributed by atoms with E-state index in [4.69, 9.17) is 5.73 Å². The summed E-state index contributed by atoms with van der Waals surface area (Å²) in [5, 5.41) is 12.3. The molecular formula is C17H19FN4. The predicted molar refractivity (Wildman–Crippen MR) is 86.0 cm³/mol. The van der Waals surface area contributed by atoms with Gasteiger partial charge in [0.15, 0.2) is 0 Å². The summed E-state index contributed by atoms with van der Waals surface area (Å²) in [6, 6.07) is 8.77.